The van der Waals surface area contributed by atoms with E-state index >= 15 is 0 Å². The molecule has 0 spiro atoms. The summed E-state index contributed by atoms with van der Waals surface area (Å²) < 4.78 is 46.9. The lowest BCUT2D eigenvalue weighted by molar-refractivity contribution is -0.149. The normalized spacial score (nSPS) is 12.3. The second kappa shape index (κ2) is 6.63. The first-order chi connectivity index (χ1) is 8.25. The molecule has 1 rings (SSSR count). The summed E-state index contributed by atoms with van der Waals surface area (Å²) in [6.07, 6.45) is -4.55. The number of carbonyl (C=O) groups is 1. The molecule has 1 atom stereocenters. The fourth-order valence-corrected chi connectivity index (χ4v) is 1.31. The van der Waals surface area contributed by atoms with Gasteiger partial charge in [0.05, 0.1) is 7.11 Å². The van der Waals surface area contributed by atoms with Crippen LogP contribution in [0.2, 0.25) is 0 Å². The van der Waals surface area contributed by atoms with Gasteiger partial charge in [0, 0.05) is 6.92 Å². The number of benzene rings is 1. The van der Waals surface area contributed by atoms with Crippen LogP contribution in [0.25, 0.3) is 0 Å². The molecule has 0 amide bonds. The molecule has 4 nitrogen and oxygen atoms in total. The van der Waals surface area contributed by atoms with Crippen molar-refractivity contribution in [2.75, 3.05) is 7.11 Å². The molecule has 0 aromatic heterocycles. The smallest absolute Gasteiger partial charge is 0.407 e. The molecule has 0 heterocycles. The van der Waals surface area contributed by atoms with Gasteiger partial charge in [0.15, 0.2) is 11.5 Å². The van der Waals surface area contributed by atoms with Gasteiger partial charge in [-0.2, -0.15) is 13.2 Å². The number of ether oxygens (including phenoxy) is 2. The summed E-state index contributed by atoms with van der Waals surface area (Å²) in [4.78, 5) is 10.8. The van der Waals surface area contributed by atoms with Crippen LogP contribution < -0.4 is 15.2 Å². The zero-order chi connectivity index (χ0) is 13.9. The Morgan fingerprint density at radius 1 is 1.32 bits per heavy atom. The van der Waals surface area contributed by atoms with Crippen LogP contribution in [0.3, 0.4) is 0 Å². The average Bonchev–Trinajstić information content (AvgIpc) is 2.26. The summed E-state index contributed by atoms with van der Waals surface area (Å²) in [5.41, 5.74) is 4.89. The molecule has 0 unspecified atom stereocenters. The maximum Gasteiger partial charge on any atom is 0.407 e. The van der Waals surface area contributed by atoms with E-state index < -0.39 is 18.2 Å². The summed E-state index contributed by atoms with van der Waals surface area (Å²) >= 11 is 0. The van der Waals surface area contributed by atoms with E-state index in [1.807, 2.05) is 0 Å². The van der Waals surface area contributed by atoms with E-state index in [1.165, 1.54) is 20.1 Å². The third-order valence-corrected chi connectivity index (χ3v) is 2.15. The summed E-state index contributed by atoms with van der Waals surface area (Å²) in [6.45, 7) is 1.18. The van der Waals surface area contributed by atoms with Gasteiger partial charge in [-0.25, -0.2) is 0 Å². The third-order valence-electron chi connectivity index (χ3n) is 2.15. The van der Waals surface area contributed by atoms with Gasteiger partial charge in [0.2, 0.25) is 0 Å². The van der Waals surface area contributed by atoms with Crippen LogP contribution in [-0.4, -0.2) is 19.3 Å². The van der Waals surface area contributed by atoms with Crippen LogP contribution in [0.5, 0.6) is 11.5 Å². The Morgan fingerprint density at radius 3 is 2.32 bits per heavy atom. The minimum absolute atomic E-state index is 0. The van der Waals surface area contributed by atoms with E-state index in [0.717, 1.165) is 12.1 Å². The van der Waals surface area contributed by atoms with Crippen LogP contribution >= 0.6 is 12.4 Å². The van der Waals surface area contributed by atoms with Crippen LogP contribution in [0.4, 0.5) is 13.2 Å². The van der Waals surface area contributed by atoms with Gasteiger partial charge in [-0.15, -0.1) is 12.4 Å². The molecule has 1 aromatic carbocycles. The summed E-state index contributed by atoms with van der Waals surface area (Å²) in [5, 5.41) is 0. The van der Waals surface area contributed by atoms with Crippen molar-refractivity contribution in [1.29, 1.82) is 0 Å². The monoisotopic (exact) mass is 299 g/mol. The topological polar surface area (TPSA) is 61.6 Å². The zero-order valence-electron chi connectivity index (χ0n) is 10.2. The summed E-state index contributed by atoms with van der Waals surface area (Å²) in [7, 11) is 1.26. The highest BCUT2D eigenvalue weighted by Gasteiger charge is 2.38. The lowest BCUT2D eigenvalue weighted by atomic mass is 10.1. The Balaban J connectivity index is 0.00000324. The summed E-state index contributed by atoms with van der Waals surface area (Å²) in [5.74, 6) is -0.535. The van der Waals surface area contributed by atoms with Gasteiger partial charge in [-0.3, -0.25) is 4.79 Å². The van der Waals surface area contributed by atoms with Crippen molar-refractivity contribution in [3.63, 3.8) is 0 Å². The van der Waals surface area contributed by atoms with Gasteiger partial charge in [-0.1, -0.05) is 6.07 Å². The largest absolute Gasteiger partial charge is 0.493 e. The molecule has 108 valence electrons. The molecular formula is C11H13ClF3NO3. The van der Waals surface area contributed by atoms with Crippen molar-refractivity contribution in [2.45, 2.75) is 19.1 Å². The summed E-state index contributed by atoms with van der Waals surface area (Å²) in [6, 6.07) is 1.33. The maximum atomic E-state index is 12.4. The number of methoxy groups -OCH3 is 1. The SMILES string of the molecule is COc1cc([C@H](N)C(F)(F)F)ccc1OC(C)=O.Cl. The molecular weight excluding hydrogens is 287 g/mol. The van der Waals surface area contributed by atoms with E-state index in [2.05, 4.69) is 0 Å². The number of hydrogen-bond donors (Lipinski definition) is 1. The first kappa shape index (κ1) is 17.5. The number of esters is 1. The predicted octanol–water partition coefficient (Wildman–Crippen LogP) is 2.60. The van der Waals surface area contributed by atoms with E-state index in [1.54, 1.807) is 0 Å². The highest BCUT2D eigenvalue weighted by Crippen LogP contribution is 2.35. The van der Waals surface area contributed by atoms with Crippen molar-refractivity contribution in [2.24, 2.45) is 5.73 Å². The molecule has 0 aliphatic rings. The molecule has 2 N–H and O–H groups in total. The fraction of sp³-hybridized carbons (Fsp3) is 0.364. The highest BCUT2D eigenvalue weighted by atomic mass is 35.5. The van der Waals surface area contributed by atoms with E-state index in [9.17, 15) is 18.0 Å². The second-order valence-corrected chi connectivity index (χ2v) is 3.52. The van der Waals surface area contributed by atoms with Crippen molar-refractivity contribution in [3.05, 3.63) is 23.8 Å². The van der Waals surface area contributed by atoms with E-state index in [4.69, 9.17) is 15.2 Å². The first-order valence-corrected chi connectivity index (χ1v) is 4.94. The molecule has 19 heavy (non-hydrogen) atoms. The number of halogens is 4. The van der Waals surface area contributed by atoms with Crippen molar-refractivity contribution in [1.82, 2.24) is 0 Å². The Labute approximate surface area is 114 Å². The van der Waals surface area contributed by atoms with Crippen molar-refractivity contribution < 1.29 is 27.4 Å². The number of alkyl halides is 3. The lowest BCUT2D eigenvalue weighted by Crippen LogP contribution is -2.28. The predicted molar refractivity (Wildman–Crippen MR) is 64.5 cm³/mol. The number of rotatable bonds is 3. The Bertz CT molecular complexity index is 451. The zero-order valence-corrected chi connectivity index (χ0v) is 11.0. The molecule has 8 heteroatoms. The quantitative estimate of drug-likeness (QED) is 0.688. The molecule has 0 saturated heterocycles. The van der Waals surface area contributed by atoms with E-state index in [-0.39, 0.29) is 29.5 Å². The van der Waals surface area contributed by atoms with Gasteiger partial charge in [0.1, 0.15) is 6.04 Å². The maximum absolute atomic E-state index is 12.4. The van der Waals surface area contributed by atoms with Crippen LogP contribution in [-0.2, 0) is 4.79 Å². The molecule has 0 radical (unpaired) electrons. The number of hydrogen-bond acceptors (Lipinski definition) is 4. The van der Waals surface area contributed by atoms with Crippen LogP contribution in [0.15, 0.2) is 18.2 Å². The second-order valence-electron chi connectivity index (χ2n) is 3.52. The minimum Gasteiger partial charge on any atom is -0.493 e. The van der Waals surface area contributed by atoms with Gasteiger partial charge in [0.25, 0.3) is 0 Å². The van der Waals surface area contributed by atoms with Gasteiger partial charge < -0.3 is 15.2 Å². The Hall–Kier alpha value is -1.47. The highest BCUT2D eigenvalue weighted by molar-refractivity contribution is 5.85. The average molecular weight is 300 g/mol. The molecule has 0 bridgehead atoms. The molecule has 0 fully saturated rings. The van der Waals surface area contributed by atoms with Crippen LogP contribution in [0, 0.1) is 0 Å². The minimum atomic E-state index is -4.55. The fourth-order valence-electron chi connectivity index (χ4n) is 1.31. The molecule has 0 aliphatic carbocycles. The molecule has 0 saturated carbocycles. The lowest BCUT2D eigenvalue weighted by Gasteiger charge is -2.17. The first-order valence-electron chi connectivity index (χ1n) is 4.94. The molecule has 0 aliphatic heterocycles. The third kappa shape index (κ3) is 4.60. The van der Waals surface area contributed by atoms with Gasteiger partial charge >= 0.3 is 12.1 Å². The Kier molecular flexibility index (Phi) is 6.11. The standard InChI is InChI=1S/C11H12F3NO3.ClH/c1-6(16)18-8-4-3-7(5-9(8)17-2)10(15)11(12,13)14;/h3-5,10H,15H2,1-2H3;1H/t10-;/m0./s1. The van der Waals surface area contributed by atoms with Gasteiger partial charge in [-0.05, 0) is 17.7 Å². The number of nitrogens with two attached hydrogens (primary N) is 1. The molecule has 1 aromatic rings. The Morgan fingerprint density at radius 2 is 1.89 bits per heavy atom. The van der Waals surface area contributed by atoms with Crippen molar-refractivity contribution >= 4 is 18.4 Å². The van der Waals surface area contributed by atoms with E-state index in [0.29, 0.717) is 0 Å². The van der Waals surface area contributed by atoms with Crippen LogP contribution in [0.1, 0.15) is 18.5 Å². The van der Waals surface area contributed by atoms with Crippen molar-refractivity contribution in [3.8, 4) is 11.5 Å². The number of carbonyl (C=O) groups excluding carboxylic acids is 1.